The summed E-state index contributed by atoms with van der Waals surface area (Å²) in [4.78, 5) is 12.2. The number of carbonyl (C=O) groups is 1. The van der Waals surface area contributed by atoms with Gasteiger partial charge in [-0.05, 0) is 14.1 Å². The molecule has 0 radical (unpaired) electrons. The number of hydrogen-bond acceptors (Lipinski definition) is 3. The first-order valence-corrected chi connectivity index (χ1v) is 4.43. The molecule has 0 spiro atoms. The number of nitrogens with one attached hydrogen (secondary N) is 2. The fourth-order valence-corrected chi connectivity index (χ4v) is 1.83. The Bertz CT molecular complexity index is 235. The fraction of sp³-hybridized carbons (Fsp3) is 0.875. The average Bonchev–Trinajstić information content (AvgIpc) is 2.35. The van der Waals surface area contributed by atoms with Crippen LogP contribution in [0.4, 0.5) is 8.78 Å². The number of likely N-dealkylation sites (N-methyl/N-ethyl adjacent to an activating group) is 2. The molecule has 0 saturated carbocycles. The SMILES string of the molecule is CNC1C(NC)C(F)(F)CN1C(C)=O. The highest BCUT2D eigenvalue weighted by Gasteiger charge is 2.54. The summed E-state index contributed by atoms with van der Waals surface area (Å²) in [5.41, 5.74) is 0. The molecule has 4 nitrogen and oxygen atoms in total. The van der Waals surface area contributed by atoms with Crippen LogP contribution in [0.1, 0.15) is 6.92 Å². The minimum atomic E-state index is -2.88. The van der Waals surface area contributed by atoms with Gasteiger partial charge in [-0.25, -0.2) is 8.78 Å². The highest BCUT2D eigenvalue weighted by atomic mass is 19.3. The van der Waals surface area contributed by atoms with Crippen molar-refractivity contribution in [2.45, 2.75) is 25.1 Å². The molecule has 0 aliphatic carbocycles. The minimum absolute atomic E-state index is 0.346. The largest absolute Gasteiger partial charge is 0.319 e. The topological polar surface area (TPSA) is 44.4 Å². The zero-order valence-corrected chi connectivity index (χ0v) is 8.47. The van der Waals surface area contributed by atoms with E-state index in [2.05, 4.69) is 10.6 Å². The van der Waals surface area contributed by atoms with Crippen molar-refractivity contribution >= 4 is 5.91 Å². The molecule has 1 rings (SSSR count). The number of likely N-dealkylation sites (tertiary alicyclic amines) is 1. The van der Waals surface area contributed by atoms with Gasteiger partial charge in [-0.3, -0.25) is 10.1 Å². The lowest BCUT2D eigenvalue weighted by molar-refractivity contribution is -0.131. The van der Waals surface area contributed by atoms with Gasteiger partial charge >= 0.3 is 0 Å². The van der Waals surface area contributed by atoms with E-state index in [4.69, 9.17) is 0 Å². The van der Waals surface area contributed by atoms with Crippen molar-refractivity contribution in [3.05, 3.63) is 0 Å². The van der Waals surface area contributed by atoms with E-state index in [-0.39, 0.29) is 5.91 Å². The van der Waals surface area contributed by atoms with Gasteiger partial charge in [0.15, 0.2) is 0 Å². The molecule has 2 atom stereocenters. The maximum atomic E-state index is 13.4. The van der Waals surface area contributed by atoms with Crippen molar-refractivity contribution in [1.82, 2.24) is 15.5 Å². The van der Waals surface area contributed by atoms with Crippen molar-refractivity contribution in [3.8, 4) is 0 Å². The van der Waals surface area contributed by atoms with E-state index in [9.17, 15) is 13.6 Å². The molecule has 1 aliphatic rings. The van der Waals surface area contributed by atoms with E-state index in [0.29, 0.717) is 0 Å². The number of amides is 1. The van der Waals surface area contributed by atoms with Crippen LogP contribution >= 0.6 is 0 Å². The van der Waals surface area contributed by atoms with E-state index in [1.165, 1.54) is 14.0 Å². The summed E-state index contributed by atoms with van der Waals surface area (Å²) >= 11 is 0. The first-order valence-electron chi connectivity index (χ1n) is 4.43. The van der Waals surface area contributed by atoms with Crippen LogP contribution in [0, 0.1) is 0 Å². The Hall–Kier alpha value is -0.750. The van der Waals surface area contributed by atoms with Crippen molar-refractivity contribution < 1.29 is 13.6 Å². The summed E-state index contributed by atoms with van der Waals surface area (Å²) in [5.74, 6) is -3.23. The molecule has 2 unspecified atom stereocenters. The summed E-state index contributed by atoms with van der Waals surface area (Å²) in [6.45, 7) is 0.762. The summed E-state index contributed by atoms with van der Waals surface area (Å²) in [6.07, 6.45) is -0.646. The fourth-order valence-electron chi connectivity index (χ4n) is 1.83. The lowest BCUT2D eigenvalue weighted by Crippen LogP contribution is -2.53. The van der Waals surface area contributed by atoms with Crippen LogP contribution in [-0.2, 0) is 4.79 Å². The molecule has 1 fully saturated rings. The quantitative estimate of drug-likeness (QED) is 0.648. The van der Waals surface area contributed by atoms with E-state index in [1.807, 2.05) is 0 Å². The zero-order valence-electron chi connectivity index (χ0n) is 8.47. The van der Waals surface area contributed by atoms with E-state index >= 15 is 0 Å². The van der Waals surface area contributed by atoms with Crippen LogP contribution in [-0.4, -0.2) is 49.6 Å². The third-order valence-electron chi connectivity index (χ3n) is 2.50. The van der Waals surface area contributed by atoms with Crippen LogP contribution in [0.15, 0.2) is 0 Å². The molecule has 0 aromatic carbocycles. The van der Waals surface area contributed by atoms with Crippen LogP contribution in [0.3, 0.4) is 0 Å². The van der Waals surface area contributed by atoms with Gasteiger partial charge in [-0.2, -0.15) is 0 Å². The standard InChI is InChI=1S/C8H15F2N3O/c1-5(14)13-4-8(9,10)6(11-2)7(13)12-3/h6-7,11-12H,4H2,1-3H3. The van der Waals surface area contributed by atoms with Crippen LogP contribution < -0.4 is 10.6 Å². The lowest BCUT2D eigenvalue weighted by Gasteiger charge is -2.25. The maximum Gasteiger partial charge on any atom is 0.283 e. The number of carbonyl (C=O) groups excluding carboxylic acids is 1. The second-order valence-corrected chi connectivity index (χ2v) is 3.41. The molecular weight excluding hydrogens is 192 g/mol. The van der Waals surface area contributed by atoms with Crippen molar-refractivity contribution in [3.63, 3.8) is 0 Å². The van der Waals surface area contributed by atoms with Gasteiger partial charge < -0.3 is 10.2 Å². The van der Waals surface area contributed by atoms with Crippen molar-refractivity contribution in [2.75, 3.05) is 20.6 Å². The van der Waals surface area contributed by atoms with Gasteiger partial charge in [0.2, 0.25) is 5.91 Å². The van der Waals surface area contributed by atoms with Gasteiger partial charge in [-0.15, -0.1) is 0 Å². The Kier molecular flexibility index (Phi) is 3.06. The number of nitrogens with zero attached hydrogens (tertiary/aromatic N) is 1. The van der Waals surface area contributed by atoms with Gasteiger partial charge in [0.1, 0.15) is 12.2 Å². The van der Waals surface area contributed by atoms with Crippen LogP contribution in [0.5, 0.6) is 0 Å². The number of hydrogen-bond donors (Lipinski definition) is 2. The Morgan fingerprint density at radius 3 is 2.36 bits per heavy atom. The smallest absolute Gasteiger partial charge is 0.283 e. The summed E-state index contributed by atoms with van der Waals surface area (Å²) < 4.78 is 26.7. The third kappa shape index (κ3) is 1.72. The monoisotopic (exact) mass is 207 g/mol. The molecule has 14 heavy (non-hydrogen) atoms. The summed E-state index contributed by atoms with van der Waals surface area (Å²) in [7, 11) is 3.03. The molecule has 6 heteroatoms. The predicted octanol–water partition coefficient (Wildman–Crippen LogP) is -0.383. The summed E-state index contributed by atoms with van der Waals surface area (Å²) in [6, 6.07) is -1.03. The van der Waals surface area contributed by atoms with E-state index in [1.54, 1.807) is 7.05 Å². The average molecular weight is 207 g/mol. The van der Waals surface area contributed by atoms with Gasteiger partial charge in [0.25, 0.3) is 5.92 Å². The summed E-state index contributed by atoms with van der Waals surface area (Å²) in [5, 5.41) is 5.25. The van der Waals surface area contributed by atoms with Gasteiger partial charge in [0, 0.05) is 6.92 Å². The third-order valence-corrected chi connectivity index (χ3v) is 2.50. The van der Waals surface area contributed by atoms with E-state index < -0.39 is 24.7 Å². The number of alkyl halides is 2. The van der Waals surface area contributed by atoms with Gasteiger partial charge in [0.05, 0.1) is 6.54 Å². The second kappa shape index (κ2) is 3.78. The predicted molar refractivity (Wildman–Crippen MR) is 48.0 cm³/mol. The Morgan fingerprint density at radius 2 is 2.00 bits per heavy atom. The molecule has 1 aliphatic heterocycles. The highest BCUT2D eigenvalue weighted by molar-refractivity contribution is 5.74. The molecular formula is C8H15F2N3O. The minimum Gasteiger partial charge on any atom is -0.319 e. The first-order chi connectivity index (χ1) is 6.44. The molecule has 2 N–H and O–H groups in total. The van der Waals surface area contributed by atoms with Crippen LogP contribution in [0.2, 0.25) is 0 Å². The van der Waals surface area contributed by atoms with Crippen LogP contribution in [0.25, 0.3) is 0 Å². The Morgan fingerprint density at radius 1 is 1.43 bits per heavy atom. The molecule has 0 bridgehead atoms. The normalized spacial score (nSPS) is 30.8. The first kappa shape index (κ1) is 11.3. The second-order valence-electron chi connectivity index (χ2n) is 3.41. The van der Waals surface area contributed by atoms with Gasteiger partial charge in [-0.1, -0.05) is 0 Å². The Labute approximate surface area is 81.6 Å². The maximum absolute atomic E-state index is 13.4. The molecule has 1 saturated heterocycles. The number of rotatable bonds is 2. The molecule has 82 valence electrons. The van der Waals surface area contributed by atoms with Crippen molar-refractivity contribution in [1.29, 1.82) is 0 Å². The van der Waals surface area contributed by atoms with E-state index in [0.717, 1.165) is 4.90 Å². The molecule has 0 aromatic rings. The molecule has 1 heterocycles. The lowest BCUT2D eigenvalue weighted by atomic mass is 10.1. The number of halogens is 2. The highest BCUT2D eigenvalue weighted by Crippen LogP contribution is 2.31. The zero-order chi connectivity index (χ0) is 10.9. The molecule has 1 amide bonds. The molecule has 0 aromatic heterocycles. The Balaban J connectivity index is 2.90. The van der Waals surface area contributed by atoms with Crippen molar-refractivity contribution in [2.24, 2.45) is 0 Å².